The molecule has 0 atom stereocenters. The van der Waals surface area contributed by atoms with Gasteiger partial charge in [0.2, 0.25) is 5.88 Å². The Bertz CT molecular complexity index is 815. The molecule has 0 radical (unpaired) electrons. The van der Waals surface area contributed by atoms with E-state index in [9.17, 15) is 4.39 Å². The largest absolute Gasteiger partial charge is 0.477 e. The predicted molar refractivity (Wildman–Crippen MR) is 140 cm³/mol. The standard InChI is InChI=1S/C30H45FN2O/c1-3-5-7-8-9-11-24-12-14-25(15-13-24)16-17-26-18-19-27(23-28(26)31)29-20-21-30(33-32-29)34-22-10-6-4-2/h18-21,23-25H,3-17,22H2,1-2H3. The zero-order chi connectivity index (χ0) is 24.0. The van der Waals surface area contributed by atoms with E-state index < -0.39 is 0 Å². The van der Waals surface area contributed by atoms with E-state index in [2.05, 4.69) is 24.0 Å². The van der Waals surface area contributed by atoms with Gasteiger partial charge in [-0.05, 0) is 48.8 Å². The molecular formula is C30H45FN2O. The summed E-state index contributed by atoms with van der Waals surface area (Å²) in [6, 6.07) is 9.19. The average molecular weight is 469 g/mol. The van der Waals surface area contributed by atoms with Crippen molar-refractivity contribution in [1.82, 2.24) is 10.2 Å². The van der Waals surface area contributed by atoms with E-state index in [0.717, 1.165) is 55.1 Å². The van der Waals surface area contributed by atoms with Gasteiger partial charge in [-0.2, -0.15) is 0 Å². The highest BCUT2D eigenvalue weighted by atomic mass is 19.1. The molecule has 0 saturated heterocycles. The molecule has 1 fully saturated rings. The van der Waals surface area contributed by atoms with E-state index >= 15 is 0 Å². The number of aromatic nitrogens is 2. The first-order valence-electron chi connectivity index (χ1n) is 13.9. The van der Waals surface area contributed by atoms with Gasteiger partial charge in [-0.15, -0.1) is 10.2 Å². The first-order valence-corrected chi connectivity index (χ1v) is 13.9. The highest BCUT2D eigenvalue weighted by Gasteiger charge is 2.21. The first-order chi connectivity index (χ1) is 16.7. The monoisotopic (exact) mass is 468 g/mol. The van der Waals surface area contributed by atoms with Crippen LogP contribution in [0.3, 0.4) is 0 Å². The summed E-state index contributed by atoms with van der Waals surface area (Å²) in [4.78, 5) is 0. The second kappa shape index (κ2) is 15.1. The molecule has 188 valence electrons. The first kappa shape index (κ1) is 26.6. The molecule has 0 aliphatic heterocycles. The van der Waals surface area contributed by atoms with Crippen LogP contribution < -0.4 is 4.74 Å². The zero-order valence-electron chi connectivity index (χ0n) is 21.5. The molecule has 1 aliphatic rings. The van der Waals surface area contributed by atoms with Gasteiger partial charge in [0.05, 0.1) is 12.3 Å². The van der Waals surface area contributed by atoms with E-state index in [-0.39, 0.29) is 5.82 Å². The van der Waals surface area contributed by atoms with Gasteiger partial charge in [-0.3, -0.25) is 0 Å². The summed E-state index contributed by atoms with van der Waals surface area (Å²) >= 11 is 0. The predicted octanol–water partition coefficient (Wildman–Crippen LogP) is 8.95. The van der Waals surface area contributed by atoms with Gasteiger partial charge in [0.25, 0.3) is 0 Å². The third-order valence-corrected chi connectivity index (χ3v) is 7.49. The molecule has 2 aromatic rings. The number of ether oxygens (including phenoxy) is 1. The lowest BCUT2D eigenvalue weighted by atomic mass is 9.77. The summed E-state index contributed by atoms with van der Waals surface area (Å²) in [6.07, 6.45) is 19.0. The van der Waals surface area contributed by atoms with E-state index in [1.807, 2.05) is 24.3 Å². The number of nitrogens with zero attached hydrogens (tertiary/aromatic N) is 2. The van der Waals surface area contributed by atoms with Crippen LogP contribution in [0.15, 0.2) is 30.3 Å². The van der Waals surface area contributed by atoms with E-state index in [1.165, 1.54) is 64.2 Å². The normalized spacial score (nSPS) is 18.2. The molecule has 3 rings (SSSR count). The van der Waals surface area contributed by atoms with Gasteiger partial charge < -0.3 is 4.74 Å². The Morgan fingerprint density at radius 3 is 2.18 bits per heavy atom. The van der Waals surface area contributed by atoms with Crippen LogP contribution >= 0.6 is 0 Å². The lowest BCUT2D eigenvalue weighted by molar-refractivity contribution is 0.248. The number of hydrogen-bond donors (Lipinski definition) is 0. The maximum Gasteiger partial charge on any atom is 0.233 e. The summed E-state index contributed by atoms with van der Waals surface area (Å²) in [5, 5.41) is 8.38. The molecule has 0 bridgehead atoms. The fourth-order valence-electron chi connectivity index (χ4n) is 5.19. The van der Waals surface area contributed by atoms with Crippen molar-refractivity contribution < 1.29 is 9.13 Å². The van der Waals surface area contributed by atoms with Crippen molar-refractivity contribution in [2.45, 2.75) is 110 Å². The molecule has 1 aromatic heterocycles. The van der Waals surface area contributed by atoms with Gasteiger partial charge in [0.15, 0.2) is 0 Å². The smallest absolute Gasteiger partial charge is 0.233 e. The lowest BCUT2D eigenvalue weighted by Gasteiger charge is -2.28. The fraction of sp³-hybridized carbons (Fsp3) is 0.667. The van der Waals surface area contributed by atoms with Crippen LogP contribution in [0.25, 0.3) is 11.3 Å². The fourth-order valence-corrected chi connectivity index (χ4v) is 5.19. The number of rotatable bonds is 15. The van der Waals surface area contributed by atoms with Gasteiger partial charge >= 0.3 is 0 Å². The summed E-state index contributed by atoms with van der Waals surface area (Å²) in [5.41, 5.74) is 2.27. The topological polar surface area (TPSA) is 35.0 Å². The van der Waals surface area contributed by atoms with Gasteiger partial charge in [-0.1, -0.05) is 103 Å². The third kappa shape index (κ3) is 9.00. The number of halogens is 1. The van der Waals surface area contributed by atoms with Crippen molar-refractivity contribution in [3.63, 3.8) is 0 Å². The maximum atomic E-state index is 14.8. The Balaban J connectivity index is 1.40. The second-order valence-electron chi connectivity index (χ2n) is 10.2. The van der Waals surface area contributed by atoms with Crippen molar-refractivity contribution in [3.8, 4) is 17.1 Å². The van der Waals surface area contributed by atoms with E-state index in [4.69, 9.17) is 4.74 Å². The molecule has 0 unspecified atom stereocenters. The molecule has 1 heterocycles. The van der Waals surface area contributed by atoms with Crippen molar-refractivity contribution in [2.24, 2.45) is 11.8 Å². The Morgan fingerprint density at radius 1 is 0.794 bits per heavy atom. The van der Waals surface area contributed by atoms with Crippen LogP contribution in [0.5, 0.6) is 5.88 Å². The van der Waals surface area contributed by atoms with Crippen molar-refractivity contribution in [1.29, 1.82) is 0 Å². The minimum atomic E-state index is -0.125. The molecule has 0 amide bonds. The van der Waals surface area contributed by atoms with E-state index in [0.29, 0.717) is 18.2 Å². The van der Waals surface area contributed by atoms with Gasteiger partial charge in [0, 0.05) is 11.6 Å². The summed E-state index contributed by atoms with van der Waals surface area (Å²) in [5.74, 6) is 2.09. The van der Waals surface area contributed by atoms with Gasteiger partial charge in [-0.25, -0.2) is 4.39 Å². The molecule has 0 N–H and O–H groups in total. The van der Waals surface area contributed by atoms with E-state index in [1.54, 1.807) is 6.07 Å². The quantitative estimate of drug-likeness (QED) is 0.245. The van der Waals surface area contributed by atoms with Crippen molar-refractivity contribution in [3.05, 3.63) is 41.7 Å². The van der Waals surface area contributed by atoms with Gasteiger partial charge in [0.1, 0.15) is 5.82 Å². The Labute approximate surface area is 206 Å². The maximum absolute atomic E-state index is 14.8. The Morgan fingerprint density at radius 2 is 1.50 bits per heavy atom. The molecular weight excluding hydrogens is 423 g/mol. The van der Waals surface area contributed by atoms with Crippen LogP contribution in [-0.2, 0) is 6.42 Å². The molecule has 3 nitrogen and oxygen atoms in total. The Kier molecular flexibility index (Phi) is 11.8. The van der Waals surface area contributed by atoms with Crippen LogP contribution in [0.2, 0.25) is 0 Å². The number of aryl methyl sites for hydroxylation is 1. The summed E-state index contributed by atoms with van der Waals surface area (Å²) < 4.78 is 20.4. The minimum Gasteiger partial charge on any atom is -0.477 e. The minimum absolute atomic E-state index is 0.125. The molecule has 0 spiro atoms. The lowest BCUT2D eigenvalue weighted by Crippen LogP contribution is -2.15. The molecule has 4 heteroatoms. The Hall–Kier alpha value is -1.97. The van der Waals surface area contributed by atoms with Crippen molar-refractivity contribution >= 4 is 0 Å². The van der Waals surface area contributed by atoms with Crippen LogP contribution in [-0.4, -0.2) is 16.8 Å². The molecule has 1 aliphatic carbocycles. The summed E-state index contributed by atoms with van der Waals surface area (Å²) in [6.45, 7) is 5.10. The molecule has 1 saturated carbocycles. The van der Waals surface area contributed by atoms with Crippen LogP contribution in [0.1, 0.15) is 109 Å². The number of hydrogen-bond acceptors (Lipinski definition) is 3. The average Bonchev–Trinajstić information content (AvgIpc) is 2.87. The number of unbranched alkanes of at least 4 members (excludes halogenated alkanes) is 6. The SMILES string of the molecule is CCCCCCCC1CCC(CCc2ccc(-c3ccc(OCCCCC)nn3)cc2F)CC1. The van der Waals surface area contributed by atoms with Crippen LogP contribution in [0.4, 0.5) is 4.39 Å². The number of benzene rings is 1. The molecule has 1 aromatic carbocycles. The zero-order valence-corrected chi connectivity index (χ0v) is 21.5. The molecule has 34 heavy (non-hydrogen) atoms. The summed E-state index contributed by atoms with van der Waals surface area (Å²) in [7, 11) is 0. The van der Waals surface area contributed by atoms with Crippen LogP contribution in [0, 0.1) is 17.7 Å². The van der Waals surface area contributed by atoms with Crippen molar-refractivity contribution in [2.75, 3.05) is 6.61 Å². The second-order valence-corrected chi connectivity index (χ2v) is 10.2. The highest BCUT2D eigenvalue weighted by molar-refractivity contribution is 5.59. The highest BCUT2D eigenvalue weighted by Crippen LogP contribution is 2.34. The third-order valence-electron chi connectivity index (χ3n) is 7.49.